The highest BCUT2D eigenvalue weighted by atomic mass is 35.5. The first-order chi connectivity index (χ1) is 14.7. The molecule has 12 heteroatoms. The molecule has 0 unspecified atom stereocenters. The number of nitrogens with one attached hydrogen (secondary N) is 1. The number of nitro groups is 1. The average molecular weight is 479 g/mol. The van der Waals surface area contributed by atoms with Gasteiger partial charge in [-0.2, -0.15) is 0 Å². The number of thiazole rings is 1. The fourth-order valence-corrected chi connectivity index (χ4v) is 5.61. The van der Waals surface area contributed by atoms with Crippen LogP contribution < -0.4 is 4.72 Å². The molecule has 1 aromatic heterocycles. The number of fused-ring (bicyclic) bond motifs is 1. The molecule has 1 N–H and O–H groups in total. The van der Waals surface area contributed by atoms with E-state index in [1.807, 2.05) is 6.07 Å². The van der Waals surface area contributed by atoms with Gasteiger partial charge in [0, 0.05) is 29.5 Å². The van der Waals surface area contributed by atoms with Crippen LogP contribution in [0.2, 0.25) is 5.02 Å². The molecule has 0 bridgehead atoms. The molecule has 2 aromatic carbocycles. The molecule has 0 saturated heterocycles. The van der Waals surface area contributed by atoms with Crippen molar-refractivity contribution in [1.29, 1.82) is 0 Å². The third-order valence-electron chi connectivity index (χ3n) is 4.69. The van der Waals surface area contributed by atoms with Crippen LogP contribution in [0.5, 0.6) is 0 Å². The zero-order chi connectivity index (χ0) is 22.2. The van der Waals surface area contributed by atoms with E-state index in [0.29, 0.717) is 25.1 Å². The molecule has 2 heterocycles. The van der Waals surface area contributed by atoms with Crippen molar-refractivity contribution >= 4 is 49.7 Å². The fraction of sp³-hybridized carbons (Fsp3) is 0.158. The van der Waals surface area contributed by atoms with Gasteiger partial charge in [0.2, 0.25) is 0 Å². The maximum atomic E-state index is 12.7. The average Bonchev–Trinajstić information content (AvgIpc) is 3.14. The number of nitro benzene ring substituents is 1. The van der Waals surface area contributed by atoms with E-state index in [-0.39, 0.29) is 21.0 Å². The highest BCUT2D eigenvalue weighted by molar-refractivity contribution is 7.93. The molecule has 3 aromatic rings. The summed E-state index contributed by atoms with van der Waals surface area (Å²) < 4.78 is 27.7. The Kier molecular flexibility index (Phi) is 5.65. The lowest BCUT2D eigenvalue weighted by molar-refractivity contribution is -0.384. The summed E-state index contributed by atoms with van der Waals surface area (Å²) in [7, 11) is -4.10. The van der Waals surface area contributed by atoms with Crippen LogP contribution in [0.3, 0.4) is 0 Å². The van der Waals surface area contributed by atoms with Crippen LogP contribution in [0.4, 0.5) is 10.8 Å². The van der Waals surface area contributed by atoms with Gasteiger partial charge >= 0.3 is 0 Å². The van der Waals surface area contributed by atoms with E-state index >= 15 is 0 Å². The van der Waals surface area contributed by atoms with Crippen molar-refractivity contribution in [1.82, 2.24) is 9.88 Å². The molecule has 0 spiro atoms. The number of rotatable bonds is 5. The quantitative estimate of drug-likeness (QED) is 0.440. The summed E-state index contributed by atoms with van der Waals surface area (Å²) in [4.78, 5) is 29.5. The van der Waals surface area contributed by atoms with Crippen LogP contribution in [-0.2, 0) is 23.0 Å². The standard InChI is InChI=1S/C19H15ClN4O5S2/c20-14-7-6-13(10-16(14)24(26)27)31(28,29)22-19-21-15-8-9-23(11-17(15)30-19)18(25)12-4-2-1-3-5-12/h1-7,10H,8-9,11H2,(H,21,22). The molecule has 31 heavy (non-hydrogen) atoms. The predicted molar refractivity (Wildman–Crippen MR) is 116 cm³/mol. The summed E-state index contributed by atoms with van der Waals surface area (Å²) in [5.41, 5.74) is 0.806. The first-order valence-electron chi connectivity index (χ1n) is 9.04. The van der Waals surface area contributed by atoms with Gasteiger partial charge in [-0.15, -0.1) is 0 Å². The van der Waals surface area contributed by atoms with E-state index in [1.54, 1.807) is 29.2 Å². The first kappa shape index (κ1) is 21.2. The molecule has 0 atom stereocenters. The Labute approximate surface area is 186 Å². The highest BCUT2D eigenvalue weighted by Crippen LogP contribution is 2.32. The monoisotopic (exact) mass is 478 g/mol. The summed E-state index contributed by atoms with van der Waals surface area (Å²) in [6.07, 6.45) is 0.499. The molecule has 0 radical (unpaired) electrons. The van der Waals surface area contributed by atoms with Crippen molar-refractivity contribution in [3.05, 3.63) is 79.8 Å². The lowest BCUT2D eigenvalue weighted by atomic mass is 10.1. The van der Waals surface area contributed by atoms with Crippen LogP contribution in [-0.4, -0.2) is 35.7 Å². The van der Waals surface area contributed by atoms with E-state index in [4.69, 9.17) is 11.6 Å². The van der Waals surface area contributed by atoms with Crippen molar-refractivity contribution in [3.8, 4) is 0 Å². The number of nitrogens with zero attached hydrogens (tertiary/aromatic N) is 3. The zero-order valence-electron chi connectivity index (χ0n) is 15.8. The summed E-state index contributed by atoms with van der Waals surface area (Å²) >= 11 is 6.89. The Hall–Kier alpha value is -3.02. The number of amides is 1. The van der Waals surface area contributed by atoms with Crippen molar-refractivity contribution < 1.29 is 18.1 Å². The maximum absolute atomic E-state index is 12.7. The Morgan fingerprint density at radius 1 is 1.23 bits per heavy atom. The van der Waals surface area contributed by atoms with Gasteiger partial charge in [0.05, 0.1) is 22.1 Å². The third-order valence-corrected chi connectivity index (χ3v) is 7.47. The number of hydrogen-bond donors (Lipinski definition) is 1. The molecule has 0 fully saturated rings. The lowest BCUT2D eigenvalue weighted by Crippen LogP contribution is -2.35. The number of hydrogen-bond acceptors (Lipinski definition) is 7. The number of carbonyl (C=O) groups is 1. The molecule has 0 aliphatic carbocycles. The van der Waals surface area contributed by atoms with Gasteiger partial charge in [0.15, 0.2) is 5.13 Å². The maximum Gasteiger partial charge on any atom is 0.289 e. The second-order valence-corrected chi connectivity index (χ2v) is 9.88. The van der Waals surface area contributed by atoms with Crippen LogP contribution in [0.1, 0.15) is 20.9 Å². The van der Waals surface area contributed by atoms with Gasteiger partial charge in [0.1, 0.15) is 5.02 Å². The Morgan fingerprint density at radius 2 is 1.97 bits per heavy atom. The van der Waals surface area contributed by atoms with Crippen molar-refractivity contribution in [2.45, 2.75) is 17.9 Å². The van der Waals surface area contributed by atoms with Gasteiger partial charge in [-0.1, -0.05) is 41.1 Å². The first-order valence-corrected chi connectivity index (χ1v) is 11.7. The number of sulfonamides is 1. The van der Waals surface area contributed by atoms with Gasteiger partial charge in [0.25, 0.3) is 21.6 Å². The molecule has 4 rings (SSSR count). The van der Waals surface area contributed by atoms with E-state index in [0.717, 1.165) is 34.0 Å². The minimum atomic E-state index is -4.10. The molecule has 0 saturated carbocycles. The van der Waals surface area contributed by atoms with Gasteiger partial charge < -0.3 is 4.90 Å². The topological polar surface area (TPSA) is 123 Å². The Balaban J connectivity index is 1.53. The van der Waals surface area contributed by atoms with E-state index in [1.165, 1.54) is 6.07 Å². The largest absolute Gasteiger partial charge is 0.333 e. The Morgan fingerprint density at radius 3 is 2.68 bits per heavy atom. The van der Waals surface area contributed by atoms with Crippen molar-refractivity contribution in [3.63, 3.8) is 0 Å². The number of benzene rings is 2. The van der Waals surface area contributed by atoms with Crippen LogP contribution in [0.25, 0.3) is 0 Å². The van der Waals surface area contributed by atoms with Gasteiger partial charge in [-0.3, -0.25) is 19.6 Å². The number of aromatic nitrogens is 1. The van der Waals surface area contributed by atoms with Crippen molar-refractivity contribution in [2.24, 2.45) is 0 Å². The second-order valence-electron chi connectivity index (χ2n) is 6.71. The molecular formula is C19H15ClN4O5S2. The molecule has 1 aliphatic heterocycles. The second kappa shape index (κ2) is 8.25. The SMILES string of the molecule is O=C(c1ccccc1)N1CCc2nc(NS(=O)(=O)c3ccc(Cl)c([N+](=O)[O-])c3)sc2C1. The Bertz CT molecular complexity index is 1280. The van der Waals surface area contributed by atoms with Gasteiger partial charge in [-0.25, -0.2) is 13.4 Å². The van der Waals surface area contributed by atoms with E-state index in [2.05, 4.69) is 9.71 Å². The summed E-state index contributed by atoms with van der Waals surface area (Å²) in [6.45, 7) is 0.800. The van der Waals surface area contributed by atoms with E-state index < -0.39 is 20.6 Å². The predicted octanol–water partition coefficient (Wildman–Crippen LogP) is 3.70. The minimum absolute atomic E-state index is 0.102. The summed E-state index contributed by atoms with van der Waals surface area (Å²) in [5, 5.41) is 11.0. The zero-order valence-corrected chi connectivity index (χ0v) is 18.2. The van der Waals surface area contributed by atoms with Gasteiger partial charge in [-0.05, 0) is 24.3 Å². The molecule has 1 aliphatic rings. The molecule has 160 valence electrons. The van der Waals surface area contributed by atoms with Crippen LogP contribution >= 0.6 is 22.9 Å². The summed E-state index contributed by atoms with van der Waals surface area (Å²) in [5.74, 6) is -0.102. The van der Waals surface area contributed by atoms with Crippen LogP contribution in [0, 0.1) is 10.1 Å². The highest BCUT2D eigenvalue weighted by Gasteiger charge is 2.27. The molecule has 1 amide bonds. The molecular weight excluding hydrogens is 464 g/mol. The number of halogens is 1. The number of carbonyl (C=O) groups excluding carboxylic acids is 1. The normalized spacial score (nSPS) is 13.5. The summed E-state index contributed by atoms with van der Waals surface area (Å²) in [6, 6.07) is 12.2. The number of anilines is 1. The molecule has 9 nitrogen and oxygen atoms in total. The minimum Gasteiger partial charge on any atom is -0.333 e. The third kappa shape index (κ3) is 4.38. The van der Waals surface area contributed by atoms with Crippen LogP contribution in [0.15, 0.2) is 53.4 Å². The lowest BCUT2D eigenvalue weighted by Gasteiger charge is -2.26. The fourth-order valence-electron chi connectivity index (χ4n) is 3.15. The van der Waals surface area contributed by atoms with Crippen molar-refractivity contribution in [2.75, 3.05) is 11.3 Å². The van der Waals surface area contributed by atoms with E-state index in [9.17, 15) is 23.3 Å². The smallest absolute Gasteiger partial charge is 0.289 e.